The van der Waals surface area contributed by atoms with Crippen molar-refractivity contribution in [3.8, 4) is 11.6 Å². The zero-order valence-electron chi connectivity index (χ0n) is 10.7. The largest absolute Gasteiger partial charge is 0.440 e. The van der Waals surface area contributed by atoms with E-state index in [4.69, 9.17) is 4.74 Å². The van der Waals surface area contributed by atoms with E-state index in [1.54, 1.807) is 6.20 Å². The number of hydrogen-bond acceptors (Lipinski definition) is 3. The maximum absolute atomic E-state index is 5.93. The van der Waals surface area contributed by atoms with E-state index in [2.05, 4.69) is 16.4 Å². The Morgan fingerprint density at radius 1 is 1.21 bits per heavy atom. The van der Waals surface area contributed by atoms with Gasteiger partial charge in [-0.1, -0.05) is 18.2 Å². The van der Waals surface area contributed by atoms with Crippen molar-refractivity contribution in [3.63, 3.8) is 0 Å². The molecule has 2 heterocycles. The van der Waals surface area contributed by atoms with Crippen molar-refractivity contribution in [2.24, 2.45) is 0 Å². The molecule has 0 saturated carbocycles. The number of hydrogen-bond donors (Lipinski definition) is 1. The van der Waals surface area contributed by atoms with Crippen LogP contribution >= 0.6 is 0 Å². The molecular weight excluding hydrogens is 238 g/mol. The highest BCUT2D eigenvalue weighted by Crippen LogP contribution is 2.23. The smallest absolute Gasteiger partial charge is 0.205 e. The highest BCUT2D eigenvalue weighted by Gasteiger charge is 2.03. The Bertz CT molecular complexity index is 690. The molecular formula is C15H15N3O. The van der Waals surface area contributed by atoms with Crippen LogP contribution in [-0.2, 0) is 6.54 Å². The summed E-state index contributed by atoms with van der Waals surface area (Å²) in [4.78, 5) is 4.24. The zero-order chi connectivity index (χ0) is 13.1. The molecule has 4 nitrogen and oxygen atoms in total. The van der Waals surface area contributed by atoms with E-state index in [1.807, 2.05) is 54.0 Å². The van der Waals surface area contributed by atoms with Gasteiger partial charge in [0.25, 0.3) is 0 Å². The fourth-order valence-corrected chi connectivity index (χ4v) is 2.05. The van der Waals surface area contributed by atoms with Gasteiger partial charge in [0, 0.05) is 18.9 Å². The van der Waals surface area contributed by atoms with Gasteiger partial charge < -0.3 is 10.1 Å². The predicted octanol–water partition coefficient (Wildman–Crippen LogP) is 2.85. The molecule has 2 aromatic heterocycles. The van der Waals surface area contributed by atoms with Crippen LogP contribution in [0.2, 0.25) is 0 Å². The second-order valence-electron chi connectivity index (χ2n) is 4.30. The lowest BCUT2D eigenvalue weighted by Crippen LogP contribution is -2.04. The second-order valence-corrected chi connectivity index (χ2v) is 4.30. The third-order valence-electron chi connectivity index (χ3n) is 2.89. The van der Waals surface area contributed by atoms with Crippen LogP contribution in [0.15, 0.2) is 54.9 Å². The first kappa shape index (κ1) is 11.7. The first-order chi connectivity index (χ1) is 9.36. The molecule has 0 aliphatic heterocycles. The van der Waals surface area contributed by atoms with E-state index in [0.717, 1.165) is 23.8 Å². The van der Waals surface area contributed by atoms with Crippen molar-refractivity contribution in [1.29, 1.82) is 0 Å². The van der Waals surface area contributed by atoms with Crippen molar-refractivity contribution >= 4 is 5.65 Å². The summed E-state index contributed by atoms with van der Waals surface area (Å²) in [6, 6.07) is 13.9. The normalized spacial score (nSPS) is 10.8. The number of rotatable bonds is 4. The Morgan fingerprint density at radius 2 is 2.11 bits per heavy atom. The van der Waals surface area contributed by atoms with Crippen LogP contribution in [0.5, 0.6) is 11.6 Å². The van der Waals surface area contributed by atoms with Crippen LogP contribution in [0.1, 0.15) is 5.56 Å². The maximum atomic E-state index is 5.93. The van der Waals surface area contributed by atoms with Crippen molar-refractivity contribution in [2.45, 2.75) is 6.54 Å². The maximum Gasteiger partial charge on any atom is 0.205 e. The summed E-state index contributed by atoms with van der Waals surface area (Å²) in [5, 5.41) is 3.13. The minimum absolute atomic E-state index is 0.761. The minimum atomic E-state index is 0.761. The molecule has 0 radical (unpaired) electrons. The topological polar surface area (TPSA) is 38.6 Å². The third-order valence-corrected chi connectivity index (χ3v) is 2.89. The molecule has 0 unspecified atom stereocenters. The molecule has 1 N–H and O–H groups in total. The molecule has 4 heteroatoms. The van der Waals surface area contributed by atoms with Gasteiger partial charge in [-0.2, -0.15) is 0 Å². The molecule has 0 amide bonds. The number of imidazole rings is 1. The number of nitrogens with zero attached hydrogens (tertiary/aromatic N) is 2. The summed E-state index contributed by atoms with van der Waals surface area (Å²) >= 11 is 0. The van der Waals surface area contributed by atoms with E-state index in [-0.39, 0.29) is 0 Å². The minimum Gasteiger partial charge on any atom is -0.440 e. The van der Waals surface area contributed by atoms with Gasteiger partial charge in [0.05, 0.1) is 0 Å². The van der Waals surface area contributed by atoms with Gasteiger partial charge in [0.1, 0.15) is 11.4 Å². The number of nitrogens with one attached hydrogen (secondary N) is 1. The Balaban J connectivity index is 1.92. The average molecular weight is 253 g/mol. The molecule has 1 aromatic carbocycles. The Hall–Kier alpha value is -2.33. The summed E-state index contributed by atoms with van der Waals surface area (Å²) < 4.78 is 7.85. The fourth-order valence-electron chi connectivity index (χ4n) is 2.05. The summed E-state index contributed by atoms with van der Waals surface area (Å²) in [5.41, 5.74) is 2.07. The average Bonchev–Trinajstić information content (AvgIpc) is 2.89. The van der Waals surface area contributed by atoms with Gasteiger partial charge in [-0.25, -0.2) is 4.98 Å². The zero-order valence-corrected chi connectivity index (χ0v) is 10.7. The van der Waals surface area contributed by atoms with Crippen LogP contribution in [0.3, 0.4) is 0 Å². The second kappa shape index (κ2) is 5.12. The van der Waals surface area contributed by atoms with Crippen molar-refractivity contribution in [3.05, 3.63) is 60.4 Å². The first-order valence-corrected chi connectivity index (χ1v) is 6.20. The lowest BCUT2D eigenvalue weighted by molar-refractivity contribution is 0.455. The van der Waals surface area contributed by atoms with Crippen LogP contribution < -0.4 is 10.1 Å². The van der Waals surface area contributed by atoms with Crippen LogP contribution in [0.25, 0.3) is 5.65 Å². The number of fused-ring (bicyclic) bond motifs is 1. The van der Waals surface area contributed by atoms with E-state index in [0.29, 0.717) is 0 Å². The van der Waals surface area contributed by atoms with Crippen molar-refractivity contribution in [2.75, 3.05) is 7.05 Å². The van der Waals surface area contributed by atoms with Crippen LogP contribution in [-0.4, -0.2) is 16.4 Å². The van der Waals surface area contributed by atoms with Crippen LogP contribution in [0.4, 0.5) is 0 Å². The van der Waals surface area contributed by atoms with Gasteiger partial charge >= 0.3 is 0 Å². The molecule has 0 aliphatic carbocycles. The van der Waals surface area contributed by atoms with Crippen LogP contribution in [0, 0.1) is 0 Å². The van der Waals surface area contributed by atoms with E-state index in [1.165, 1.54) is 5.56 Å². The highest BCUT2D eigenvalue weighted by molar-refractivity contribution is 5.43. The predicted molar refractivity (Wildman–Crippen MR) is 74.5 cm³/mol. The fraction of sp³-hybridized carbons (Fsp3) is 0.133. The number of benzene rings is 1. The van der Waals surface area contributed by atoms with E-state index < -0.39 is 0 Å². The summed E-state index contributed by atoms with van der Waals surface area (Å²) in [7, 11) is 1.93. The summed E-state index contributed by atoms with van der Waals surface area (Å²) in [6.45, 7) is 0.826. The van der Waals surface area contributed by atoms with Gasteiger partial charge in [-0.3, -0.25) is 4.40 Å². The third kappa shape index (κ3) is 2.44. The van der Waals surface area contributed by atoms with Gasteiger partial charge in [0.15, 0.2) is 0 Å². The Labute approximate surface area is 111 Å². The molecule has 96 valence electrons. The summed E-state index contributed by atoms with van der Waals surface area (Å²) in [5.74, 6) is 1.59. The molecule has 0 bridgehead atoms. The molecule has 3 aromatic rings. The SMILES string of the molecule is CNCc1cccc(Oc2cccc3nccn23)c1. The quantitative estimate of drug-likeness (QED) is 0.777. The van der Waals surface area contributed by atoms with Crippen molar-refractivity contribution in [1.82, 2.24) is 14.7 Å². The van der Waals surface area contributed by atoms with Crippen molar-refractivity contribution < 1.29 is 4.74 Å². The molecule has 0 spiro atoms. The molecule has 0 atom stereocenters. The molecule has 3 rings (SSSR count). The summed E-state index contributed by atoms with van der Waals surface area (Å²) in [6.07, 6.45) is 3.65. The van der Waals surface area contributed by atoms with Gasteiger partial charge in [0.2, 0.25) is 5.88 Å². The lowest BCUT2D eigenvalue weighted by atomic mass is 10.2. The molecule has 19 heavy (non-hydrogen) atoms. The lowest BCUT2D eigenvalue weighted by Gasteiger charge is -2.09. The Kier molecular flexibility index (Phi) is 3.16. The number of aromatic nitrogens is 2. The van der Waals surface area contributed by atoms with Gasteiger partial charge in [-0.05, 0) is 36.9 Å². The highest BCUT2D eigenvalue weighted by atomic mass is 16.5. The van der Waals surface area contributed by atoms with E-state index in [9.17, 15) is 0 Å². The molecule has 0 fully saturated rings. The van der Waals surface area contributed by atoms with E-state index >= 15 is 0 Å². The monoisotopic (exact) mass is 253 g/mol. The standard InChI is InChI=1S/C15H15N3O/c1-16-11-12-4-2-5-13(10-12)19-15-7-3-6-14-17-8-9-18(14)15/h2-10,16H,11H2,1H3. The first-order valence-electron chi connectivity index (χ1n) is 6.20. The molecule has 0 saturated heterocycles. The Morgan fingerprint density at radius 3 is 3.00 bits per heavy atom. The number of ether oxygens (including phenoxy) is 1. The number of pyridine rings is 1. The molecule has 0 aliphatic rings. The van der Waals surface area contributed by atoms with Gasteiger partial charge in [-0.15, -0.1) is 0 Å².